The van der Waals surface area contributed by atoms with Gasteiger partial charge in [0.15, 0.2) is 0 Å². The lowest BCUT2D eigenvalue weighted by atomic mass is 10.3. The van der Waals surface area contributed by atoms with Gasteiger partial charge in [0.2, 0.25) is 11.8 Å². The van der Waals surface area contributed by atoms with E-state index in [0.29, 0.717) is 12.6 Å². The zero-order valence-electron chi connectivity index (χ0n) is 11.9. The first-order chi connectivity index (χ1) is 9.06. The molecule has 0 saturated heterocycles. The first-order valence-corrected chi connectivity index (χ1v) is 6.93. The highest BCUT2D eigenvalue weighted by Crippen LogP contribution is 2.18. The lowest BCUT2D eigenvalue weighted by molar-refractivity contribution is -0.135. The molecule has 0 atom stereocenters. The maximum atomic E-state index is 12.0. The molecule has 0 spiro atoms. The SMILES string of the molecule is CCCN(CCO)CC(=O)N(C)CC(=O)NC1CC1. The van der Waals surface area contributed by atoms with Crippen LogP contribution < -0.4 is 5.32 Å². The van der Waals surface area contributed by atoms with E-state index in [0.717, 1.165) is 25.8 Å². The van der Waals surface area contributed by atoms with Gasteiger partial charge < -0.3 is 15.3 Å². The molecule has 1 saturated carbocycles. The zero-order chi connectivity index (χ0) is 14.3. The van der Waals surface area contributed by atoms with Crippen LogP contribution in [-0.2, 0) is 9.59 Å². The number of rotatable bonds is 9. The Morgan fingerprint density at radius 3 is 2.47 bits per heavy atom. The van der Waals surface area contributed by atoms with E-state index >= 15 is 0 Å². The predicted octanol–water partition coefficient (Wildman–Crippen LogP) is -0.572. The Hall–Kier alpha value is -1.14. The monoisotopic (exact) mass is 271 g/mol. The number of nitrogens with zero attached hydrogens (tertiary/aromatic N) is 2. The van der Waals surface area contributed by atoms with Gasteiger partial charge in [-0.15, -0.1) is 0 Å². The summed E-state index contributed by atoms with van der Waals surface area (Å²) >= 11 is 0. The molecule has 110 valence electrons. The van der Waals surface area contributed by atoms with Gasteiger partial charge in [0.1, 0.15) is 0 Å². The van der Waals surface area contributed by atoms with Gasteiger partial charge in [-0.25, -0.2) is 0 Å². The van der Waals surface area contributed by atoms with Crippen molar-refractivity contribution in [3.63, 3.8) is 0 Å². The lowest BCUT2D eigenvalue weighted by Gasteiger charge is -2.23. The summed E-state index contributed by atoms with van der Waals surface area (Å²) in [6, 6.07) is 0.321. The number of amides is 2. The molecule has 0 heterocycles. The topological polar surface area (TPSA) is 72.9 Å². The van der Waals surface area contributed by atoms with Crippen LogP contribution in [0.25, 0.3) is 0 Å². The van der Waals surface area contributed by atoms with Gasteiger partial charge in [-0.3, -0.25) is 14.5 Å². The van der Waals surface area contributed by atoms with Crippen LogP contribution >= 0.6 is 0 Å². The number of aliphatic hydroxyl groups excluding tert-OH is 1. The van der Waals surface area contributed by atoms with E-state index in [9.17, 15) is 9.59 Å². The molecule has 2 amide bonds. The summed E-state index contributed by atoms with van der Waals surface area (Å²) in [5.74, 6) is -0.185. The van der Waals surface area contributed by atoms with Crippen LogP contribution in [-0.4, -0.2) is 72.6 Å². The molecule has 1 aliphatic rings. The van der Waals surface area contributed by atoms with Crippen LogP contribution in [0.5, 0.6) is 0 Å². The highest BCUT2D eigenvalue weighted by Gasteiger charge is 2.24. The highest BCUT2D eigenvalue weighted by atomic mass is 16.3. The molecule has 0 radical (unpaired) electrons. The van der Waals surface area contributed by atoms with Crippen molar-refractivity contribution in [3.05, 3.63) is 0 Å². The molecule has 6 heteroatoms. The average Bonchev–Trinajstić information content (AvgIpc) is 3.13. The Balaban J connectivity index is 2.30. The normalized spacial score (nSPS) is 14.5. The molecule has 0 aromatic carbocycles. The number of carbonyl (C=O) groups excluding carboxylic acids is 2. The van der Waals surface area contributed by atoms with Gasteiger partial charge in [0.25, 0.3) is 0 Å². The van der Waals surface area contributed by atoms with E-state index in [1.807, 2.05) is 11.8 Å². The molecule has 19 heavy (non-hydrogen) atoms. The summed E-state index contributed by atoms with van der Waals surface area (Å²) < 4.78 is 0. The summed E-state index contributed by atoms with van der Waals surface area (Å²) in [4.78, 5) is 26.9. The lowest BCUT2D eigenvalue weighted by Crippen LogP contribution is -2.44. The molecule has 0 bridgehead atoms. The van der Waals surface area contributed by atoms with E-state index in [4.69, 9.17) is 5.11 Å². The van der Waals surface area contributed by atoms with Crippen molar-refractivity contribution < 1.29 is 14.7 Å². The first kappa shape index (κ1) is 15.9. The quantitative estimate of drug-likeness (QED) is 0.589. The molecule has 1 rings (SSSR count). The minimum Gasteiger partial charge on any atom is -0.395 e. The molecule has 2 N–H and O–H groups in total. The van der Waals surface area contributed by atoms with Crippen LogP contribution in [0.1, 0.15) is 26.2 Å². The van der Waals surface area contributed by atoms with Gasteiger partial charge in [-0.2, -0.15) is 0 Å². The van der Waals surface area contributed by atoms with Gasteiger partial charge >= 0.3 is 0 Å². The fourth-order valence-electron chi connectivity index (χ4n) is 1.84. The van der Waals surface area contributed by atoms with Crippen LogP contribution in [0.15, 0.2) is 0 Å². The standard InChI is InChI=1S/C13H25N3O3/c1-3-6-16(7-8-17)10-13(19)15(2)9-12(18)14-11-4-5-11/h11,17H,3-10H2,1-2H3,(H,14,18). The van der Waals surface area contributed by atoms with Crippen LogP contribution in [0, 0.1) is 0 Å². The molecular formula is C13H25N3O3. The predicted molar refractivity (Wildman–Crippen MR) is 72.6 cm³/mol. The third-order valence-corrected chi connectivity index (χ3v) is 3.06. The largest absolute Gasteiger partial charge is 0.395 e. The number of likely N-dealkylation sites (N-methyl/N-ethyl adjacent to an activating group) is 1. The molecule has 0 aliphatic heterocycles. The van der Waals surface area contributed by atoms with Gasteiger partial charge in [-0.05, 0) is 25.8 Å². The highest BCUT2D eigenvalue weighted by molar-refractivity contribution is 5.85. The van der Waals surface area contributed by atoms with Crippen molar-refractivity contribution in [2.45, 2.75) is 32.2 Å². The average molecular weight is 271 g/mol. The van der Waals surface area contributed by atoms with Crippen molar-refractivity contribution in [2.75, 3.05) is 39.8 Å². The third-order valence-electron chi connectivity index (χ3n) is 3.06. The van der Waals surface area contributed by atoms with Gasteiger partial charge in [-0.1, -0.05) is 6.92 Å². The molecular weight excluding hydrogens is 246 g/mol. The number of hydrogen-bond donors (Lipinski definition) is 2. The fraction of sp³-hybridized carbons (Fsp3) is 0.846. The summed E-state index contributed by atoms with van der Waals surface area (Å²) in [7, 11) is 1.64. The Bertz CT molecular complexity index is 300. The molecule has 0 unspecified atom stereocenters. The fourth-order valence-corrected chi connectivity index (χ4v) is 1.84. The Morgan fingerprint density at radius 1 is 1.26 bits per heavy atom. The maximum absolute atomic E-state index is 12.0. The van der Waals surface area contributed by atoms with E-state index in [2.05, 4.69) is 5.32 Å². The van der Waals surface area contributed by atoms with Crippen LogP contribution in [0.4, 0.5) is 0 Å². The molecule has 0 aromatic heterocycles. The second-order valence-corrected chi connectivity index (χ2v) is 5.09. The van der Waals surface area contributed by atoms with Crippen molar-refractivity contribution in [1.82, 2.24) is 15.1 Å². The van der Waals surface area contributed by atoms with E-state index in [1.54, 1.807) is 7.05 Å². The van der Waals surface area contributed by atoms with Crippen molar-refractivity contribution in [3.8, 4) is 0 Å². The smallest absolute Gasteiger partial charge is 0.239 e. The van der Waals surface area contributed by atoms with Crippen molar-refractivity contribution in [1.29, 1.82) is 0 Å². The second-order valence-electron chi connectivity index (χ2n) is 5.09. The number of aliphatic hydroxyl groups is 1. The number of hydrogen-bond acceptors (Lipinski definition) is 4. The van der Waals surface area contributed by atoms with Gasteiger partial charge in [0, 0.05) is 19.6 Å². The zero-order valence-corrected chi connectivity index (χ0v) is 11.9. The number of carbonyl (C=O) groups is 2. The first-order valence-electron chi connectivity index (χ1n) is 6.93. The molecule has 1 fully saturated rings. The van der Waals surface area contributed by atoms with E-state index in [1.165, 1.54) is 4.90 Å². The summed E-state index contributed by atoms with van der Waals surface area (Å²) in [6.07, 6.45) is 3.02. The molecule has 1 aliphatic carbocycles. The Kier molecular flexibility index (Phi) is 6.80. The Labute approximate surface area is 114 Å². The van der Waals surface area contributed by atoms with Gasteiger partial charge in [0.05, 0.1) is 19.7 Å². The molecule has 0 aromatic rings. The Morgan fingerprint density at radius 2 is 1.95 bits per heavy atom. The molecule has 6 nitrogen and oxygen atoms in total. The summed E-state index contributed by atoms with van der Waals surface area (Å²) in [6.45, 7) is 3.69. The number of nitrogens with one attached hydrogen (secondary N) is 1. The van der Waals surface area contributed by atoms with E-state index < -0.39 is 0 Å². The minimum atomic E-state index is -0.0949. The third kappa shape index (κ3) is 6.54. The summed E-state index contributed by atoms with van der Waals surface area (Å²) in [5.41, 5.74) is 0. The van der Waals surface area contributed by atoms with E-state index in [-0.39, 0.29) is 31.5 Å². The van der Waals surface area contributed by atoms with Crippen LogP contribution in [0.2, 0.25) is 0 Å². The summed E-state index contributed by atoms with van der Waals surface area (Å²) in [5, 5.41) is 11.8. The second kappa shape index (κ2) is 8.12. The van der Waals surface area contributed by atoms with Crippen molar-refractivity contribution >= 4 is 11.8 Å². The minimum absolute atomic E-state index is 0.0408. The van der Waals surface area contributed by atoms with Crippen LogP contribution in [0.3, 0.4) is 0 Å². The van der Waals surface area contributed by atoms with Crippen molar-refractivity contribution in [2.24, 2.45) is 0 Å². The maximum Gasteiger partial charge on any atom is 0.239 e.